The molecule has 5 heterocycles. The molecule has 0 spiro atoms. The Labute approximate surface area is 255 Å². The predicted molar refractivity (Wildman–Crippen MR) is 156 cm³/mol. The summed E-state index contributed by atoms with van der Waals surface area (Å²) in [7, 11) is 0. The van der Waals surface area contributed by atoms with Crippen LogP contribution in [0.15, 0.2) is 49.3 Å². The van der Waals surface area contributed by atoms with Gasteiger partial charge in [-0.3, -0.25) is 19.4 Å². The van der Waals surface area contributed by atoms with Crippen LogP contribution in [0.2, 0.25) is 5.02 Å². The van der Waals surface area contributed by atoms with Gasteiger partial charge in [0.1, 0.15) is 5.69 Å². The van der Waals surface area contributed by atoms with E-state index in [4.69, 9.17) is 11.6 Å². The first kappa shape index (κ1) is 29.9. The standard InChI is InChI=1S/C29H29ClF3N9O2/c1-16(17-8-35-29(36-9-17)41-7-4-19(41)14-40-6-5-20(43)15-40)42-13-18(10-37-42)38-28(44)24-12-34-11-23(39-24)25-21(27(32)33)2-3-22(30)26(25)31/h2-3,8-13,16,19-20,27,43H,4-7,14-15H2,1H3,(H,38,44)/t16?,19-,20+/m0/s1. The Morgan fingerprint density at radius 2 is 1.93 bits per heavy atom. The van der Waals surface area contributed by atoms with E-state index in [1.807, 2.05) is 6.92 Å². The minimum Gasteiger partial charge on any atom is -0.392 e. The molecule has 3 aromatic heterocycles. The summed E-state index contributed by atoms with van der Waals surface area (Å²) >= 11 is 5.82. The number of hydrogen-bond acceptors (Lipinski definition) is 9. The average Bonchev–Trinajstić information content (AvgIpc) is 3.65. The molecule has 1 unspecified atom stereocenters. The molecule has 1 amide bonds. The summed E-state index contributed by atoms with van der Waals surface area (Å²) in [6.45, 7) is 5.29. The Balaban J connectivity index is 1.11. The van der Waals surface area contributed by atoms with Crippen LogP contribution in [0.5, 0.6) is 0 Å². The highest BCUT2D eigenvalue weighted by Crippen LogP contribution is 2.35. The summed E-state index contributed by atoms with van der Waals surface area (Å²) in [6.07, 6.45) is 7.45. The smallest absolute Gasteiger partial charge is 0.275 e. The Hall–Kier alpha value is -4.14. The summed E-state index contributed by atoms with van der Waals surface area (Å²) in [5, 5.41) is 16.4. The molecular formula is C29H29ClF3N9O2. The monoisotopic (exact) mass is 627 g/mol. The van der Waals surface area contributed by atoms with Crippen molar-refractivity contribution in [3.05, 3.63) is 77.0 Å². The lowest BCUT2D eigenvalue weighted by molar-refractivity contribution is 0.102. The molecule has 1 aromatic carbocycles. The Bertz CT molecular complexity index is 1660. The zero-order valence-electron chi connectivity index (χ0n) is 23.6. The molecule has 2 aliphatic heterocycles. The number of likely N-dealkylation sites (tertiary alicyclic amines) is 1. The molecule has 2 N–H and O–H groups in total. The van der Waals surface area contributed by atoms with Crippen molar-refractivity contribution in [2.45, 2.75) is 44.4 Å². The lowest BCUT2D eigenvalue weighted by Gasteiger charge is -2.42. The number of aliphatic hydroxyl groups excluding tert-OH is 1. The summed E-state index contributed by atoms with van der Waals surface area (Å²) in [5.41, 5.74) is -0.424. The highest BCUT2D eigenvalue weighted by molar-refractivity contribution is 6.31. The SMILES string of the molecule is CC(c1cnc(N2CC[C@H]2CN2CC[C@@H](O)C2)nc1)n1cc(NC(=O)c2cncc(-c3c(C(F)F)ccc(Cl)c3F)n2)cn1. The van der Waals surface area contributed by atoms with Gasteiger partial charge in [-0.05, 0) is 25.8 Å². The maximum Gasteiger partial charge on any atom is 0.275 e. The molecule has 230 valence electrons. The van der Waals surface area contributed by atoms with Crippen LogP contribution in [0.4, 0.5) is 24.8 Å². The van der Waals surface area contributed by atoms with E-state index in [0.29, 0.717) is 24.2 Å². The topological polar surface area (TPSA) is 125 Å². The van der Waals surface area contributed by atoms with E-state index >= 15 is 0 Å². The molecule has 6 rings (SSSR count). The lowest BCUT2D eigenvalue weighted by Crippen LogP contribution is -2.54. The number of nitrogens with one attached hydrogen (secondary N) is 1. The summed E-state index contributed by atoms with van der Waals surface area (Å²) < 4.78 is 43.5. The van der Waals surface area contributed by atoms with Crippen molar-refractivity contribution in [1.82, 2.24) is 34.6 Å². The Kier molecular flexibility index (Phi) is 8.47. The fraction of sp³-hybridized carbons (Fsp3) is 0.379. The van der Waals surface area contributed by atoms with Crippen molar-refractivity contribution in [3.63, 3.8) is 0 Å². The number of aromatic nitrogens is 6. The molecule has 0 aliphatic carbocycles. The maximum atomic E-state index is 14.7. The van der Waals surface area contributed by atoms with Gasteiger partial charge in [-0.15, -0.1) is 0 Å². The van der Waals surface area contributed by atoms with Gasteiger partial charge in [0.15, 0.2) is 5.82 Å². The minimum atomic E-state index is -2.99. The molecule has 2 aliphatic rings. The average molecular weight is 628 g/mol. The number of halogens is 4. The van der Waals surface area contributed by atoms with Gasteiger partial charge >= 0.3 is 0 Å². The first-order chi connectivity index (χ1) is 21.2. The fourth-order valence-electron chi connectivity index (χ4n) is 5.43. The number of β-amino-alcohol motifs (C(OH)–C–C–N with tert-alkyl or cyclic N) is 1. The second kappa shape index (κ2) is 12.5. The second-order valence-electron chi connectivity index (χ2n) is 10.9. The van der Waals surface area contributed by atoms with Crippen LogP contribution < -0.4 is 10.2 Å². The number of carbonyl (C=O) groups is 1. The summed E-state index contributed by atoms with van der Waals surface area (Å²) in [5.74, 6) is -1.10. The van der Waals surface area contributed by atoms with Crippen LogP contribution in [0.1, 0.15) is 53.8 Å². The van der Waals surface area contributed by atoms with Crippen molar-refractivity contribution in [1.29, 1.82) is 0 Å². The van der Waals surface area contributed by atoms with Gasteiger partial charge in [0.25, 0.3) is 12.3 Å². The number of alkyl halides is 2. The number of nitrogens with zero attached hydrogens (tertiary/aromatic N) is 8. The molecule has 0 saturated carbocycles. The first-order valence-electron chi connectivity index (χ1n) is 14.1. The van der Waals surface area contributed by atoms with Crippen LogP contribution in [-0.4, -0.2) is 84.0 Å². The van der Waals surface area contributed by atoms with Gasteiger partial charge in [0, 0.05) is 67.5 Å². The normalized spacial score (nSPS) is 19.3. The molecular weight excluding hydrogens is 599 g/mol. The zero-order chi connectivity index (χ0) is 31.0. The van der Waals surface area contributed by atoms with Gasteiger partial charge in [0.2, 0.25) is 5.95 Å². The van der Waals surface area contributed by atoms with Gasteiger partial charge in [-0.25, -0.2) is 28.1 Å². The van der Waals surface area contributed by atoms with Crippen LogP contribution >= 0.6 is 11.6 Å². The lowest BCUT2D eigenvalue weighted by atomic mass is 10.0. The largest absolute Gasteiger partial charge is 0.392 e. The molecule has 4 aromatic rings. The molecule has 2 fully saturated rings. The third-order valence-corrected chi connectivity index (χ3v) is 8.29. The van der Waals surface area contributed by atoms with E-state index in [-0.39, 0.29) is 28.6 Å². The van der Waals surface area contributed by atoms with E-state index in [1.54, 1.807) is 23.3 Å². The second-order valence-corrected chi connectivity index (χ2v) is 11.3. The van der Waals surface area contributed by atoms with Crippen molar-refractivity contribution in [3.8, 4) is 11.3 Å². The minimum absolute atomic E-state index is 0.211. The van der Waals surface area contributed by atoms with Crippen molar-refractivity contribution in [2.75, 3.05) is 36.4 Å². The molecule has 0 bridgehead atoms. The van der Waals surface area contributed by atoms with Crippen molar-refractivity contribution >= 4 is 29.1 Å². The Morgan fingerprint density at radius 3 is 2.61 bits per heavy atom. The summed E-state index contributed by atoms with van der Waals surface area (Å²) in [4.78, 5) is 34.5. The third kappa shape index (κ3) is 6.10. The van der Waals surface area contributed by atoms with Crippen LogP contribution in [-0.2, 0) is 0 Å². The number of aliphatic hydroxyl groups is 1. The molecule has 0 radical (unpaired) electrons. The third-order valence-electron chi connectivity index (χ3n) is 8.00. The molecule has 15 heteroatoms. The van der Waals surface area contributed by atoms with Crippen LogP contribution in [0, 0.1) is 5.82 Å². The molecule has 2 saturated heterocycles. The van der Waals surface area contributed by atoms with E-state index in [0.717, 1.165) is 62.6 Å². The highest BCUT2D eigenvalue weighted by atomic mass is 35.5. The zero-order valence-corrected chi connectivity index (χ0v) is 24.4. The molecule has 11 nitrogen and oxygen atoms in total. The van der Waals surface area contributed by atoms with Crippen LogP contribution in [0.25, 0.3) is 11.3 Å². The molecule has 3 atom stereocenters. The summed E-state index contributed by atoms with van der Waals surface area (Å²) in [6, 6.07) is 2.12. The number of amides is 1. The highest BCUT2D eigenvalue weighted by Gasteiger charge is 2.33. The maximum absolute atomic E-state index is 14.7. The number of rotatable bonds is 9. The van der Waals surface area contributed by atoms with Gasteiger partial charge in [-0.2, -0.15) is 5.10 Å². The van der Waals surface area contributed by atoms with Crippen molar-refractivity contribution < 1.29 is 23.1 Å². The van der Waals surface area contributed by atoms with Crippen molar-refractivity contribution in [2.24, 2.45) is 0 Å². The number of carbonyl (C=O) groups excluding carboxylic acids is 1. The molecule has 44 heavy (non-hydrogen) atoms. The predicted octanol–water partition coefficient (Wildman–Crippen LogP) is 4.37. The van der Waals surface area contributed by atoms with E-state index in [1.165, 1.54) is 6.20 Å². The van der Waals surface area contributed by atoms with E-state index in [2.05, 4.69) is 40.2 Å². The number of hydrogen-bond donors (Lipinski definition) is 2. The van der Waals surface area contributed by atoms with E-state index in [9.17, 15) is 23.1 Å². The van der Waals surface area contributed by atoms with Crippen LogP contribution in [0.3, 0.4) is 0 Å². The number of benzene rings is 1. The number of anilines is 2. The fourth-order valence-corrected chi connectivity index (χ4v) is 5.59. The quantitative estimate of drug-likeness (QED) is 0.278. The first-order valence-corrected chi connectivity index (χ1v) is 14.5. The van der Waals surface area contributed by atoms with Gasteiger partial charge < -0.3 is 15.3 Å². The Morgan fingerprint density at radius 1 is 1.14 bits per heavy atom. The van der Waals surface area contributed by atoms with Gasteiger partial charge in [-0.1, -0.05) is 17.7 Å². The van der Waals surface area contributed by atoms with Gasteiger partial charge in [0.05, 0.1) is 47.1 Å². The van der Waals surface area contributed by atoms with E-state index < -0.39 is 29.3 Å².